The molecule has 10 nitrogen and oxygen atoms in total. The van der Waals surface area contributed by atoms with Gasteiger partial charge in [0, 0.05) is 54.6 Å². The maximum Gasteiger partial charge on any atom is 0.291 e. The average Bonchev–Trinajstić information content (AvgIpc) is 3.85. The average molecular weight is 592 g/mol. The highest BCUT2D eigenvalue weighted by Gasteiger charge is 2.39. The number of hydrogen-bond acceptors (Lipinski definition) is 8. The van der Waals surface area contributed by atoms with Crippen LogP contribution in [0.2, 0.25) is 0 Å². The number of carbonyl (C=O) groups is 1. The van der Waals surface area contributed by atoms with Crippen LogP contribution in [0, 0.1) is 5.92 Å². The van der Waals surface area contributed by atoms with Gasteiger partial charge in [-0.15, -0.1) is 10.2 Å². The Morgan fingerprint density at radius 3 is 2.40 bits per heavy atom. The lowest BCUT2D eigenvalue weighted by Crippen LogP contribution is -2.51. The molecule has 1 saturated heterocycles. The minimum atomic E-state index is -3.90. The third-order valence-corrected chi connectivity index (χ3v) is 11.1. The molecule has 3 heterocycles. The molecular formula is C26H31F2N7O3S2. The van der Waals surface area contributed by atoms with E-state index in [1.54, 1.807) is 12.1 Å². The molecule has 4 fully saturated rings. The Balaban J connectivity index is 1.35. The number of alkyl halides is 2. The van der Waals surface area contributed by atoms with Crippen molar-refractivity contribution in [3.63, 3.8) is 0 Å². The van der Waals surface area contributed by atoms with Crippen LogP contribution in [0.5, 0.6) is 0 Å². The number of anilines is 1. The van der Waals surface area contributed by atoms with E-state index >= 15 is 0 Å². The molecule has 3 saturated carbocycles. The van der Waals surface area contributed by atoms with Crippen LogP contribution >= 0.6 is 11.3 Å². The molecule has 0 atom stereocenters. The van der Waals surface area contributed by atoms with Crippen molar-refractivity contribution in [1.29, 1.82) is 0 Å². The molecule has 2 aromatic heterocycles. The van der Waals surface area contributed by atoms with Gasteiger partial charge in [0.05, 0.1) is 16.1 Å². The molecule has 40 heavy (non-hydrogen) atoms. The quantitative estimate of drug-likeness (QED) is 0.422. The summed E-state index contributed by atoms with van der Waals surface area (Å²) in [7, 11) is -3.90. The van der Waals surface area contributed by atoms with E-state index in [0.29, 0.717) is 31.7 Å². The number of aromatic nitrogens is 4. The molecule has 0 radical (unpaired) electrons. The van der Waals surface area contributed by atoms with E-state index in [2.05, 4.69) is 19.8 Å². The Morgan fingerprint density at radius 2 is 1.82 bits per heavy atom. The van der Waals surface area contributed by atoms with Gasteiger partial charge in [0.15, 0.2) is 5.01 Å². The number of carbonyl (C=O) groups excluding carboxylic acids is 1. The first-order valence-corrected chi connectivity index (χ1v) is 16.2. The fourth-order valence-corrected chi connectivity index (χ4v) is 7.94. The van der Waals surface area contributed by atoms with Gasteiger partial charge < -0.3 is 9.80 Å². The molecule has 3 aromatic rings. The highest BCUT2D eigenvalue weighted by atomic mass is 32.2. The van der Waals surface area contributed by atoms with Crippen molar-refractivity contribution in [2.45, 2.75) is 74.6 Å². The summed E-state index contributed by atoms with van der Waals surface area (Å²) in [6.45, 7) is 4.15. The van der Waals surface area contributed by atoms with Crippen molar-refractivity contribution in [3.8, 4) is 5.13 Å². The van der Waals surface area contributed by atoms with Gasteiger partial charge in [0.1, 0.15) is 0 Å². The number of amides is 1. The van der Waals surface area contributed by atoms with E-state index in [-0.39, 0.29) is 27.8 Å². The molecule has 7 rings (SSSR count). The van der Waals surface area contributed by atoms with E-state index in [0.717, 1.165) is 73.1 Å². The number of piperazine rings is 1. The third-order valence-electron chi connectivity index (χ3n) is 8.53. The Kier molecular flexibility index (Phi) is 6.17. The van der Waals surface area contributed by atoms with Crippen molar-refractivity contribution in [2.75, 3.05) is 31.1 Å². The standard InChI is InChI=1S/C26H31F2N7O3S2/c1-26(7-2-8-26)32-40(37,38)17-13-18(33-9-11-34(12-10-33)24(36)16-5-6-16)20-19(14-17)35(31-21(20)15-3-4-15)25-30-29-23(39-25)22(27)28/h13-16,22,32H,2-12H2,1H3. The van der Waals surface area contributed by atoms with E-state index in [1.807, 2.05) is 11.8 Å². The van der Waals surface area contributed by atoms with Crippen LogP contribution in [0.4, 0.5) is 14.5 Å². The van der Waals surface area contributed by atoms with Crippen LogP contribution in [0.25, 0.3) is 16.0 Å². The highest BCUT2D eigenvalue weighted by molar-refractivity contribution is 7.89. The minimum absolute atomic E-state index is 0.0988. The van der Waals surface area contributed by atoms with Crippen LogP contribution in [0.1, 0.15) is 74.9 Å². The Morgan fingerprint density at radius 1 is 1.10 bits per heavy atom. The first kappa shape index (κ1) is 26.2. The minimum Gasteiger partial charge on any atom is -0.367 e. The first-order valence-electron chi connectivity index (χ1n) is 13.9. The third kappa shape index (κ3) is 4.67. The monoisotopic (exact) mass is 591 g/mol. The van der Waals surface area contributed by atoms with Crippen molar-refractivity contribution in [1.82, 2.24) is 29.6 Å². The van der Waals surface area contributed by atoms with Crippen molar-refractivity contribution in [3.05, 3.63) is 22.8 Å². The maximum atomic E-state index is 13.7. The van der Waals surface area contributed by atoms with Crippen molar-refractivity contribution >= 4 is 43.9 Å². The van der Waals surface area contributed by atoms with Crippen LogP contribution < -0.4 is 9.62 Å². The van der Waals surface area contributed by atoms with Crippen LogP contribution in [0.3, 0.4) is 0 Å². The molecule has 14 heteroatoms. The number of benzene rings is 1. The van der Waals surface area contributed by atoms with Crippen molar-refractivity contribution in [2.24, 2.45) is 5.92 Å². The molecule has 1 amide bonds. The zero-order valence-corrected chi connectivity index (χ0v) is 23.8. The zero-order chi connectivity index (χ0) is 27.8. The summed E-state index contributed by atoms with van der Waals surface area (Å²) < 4.78 is 58.5. The summed E-state index contributed by atoms with van der Waals surface area (Å²) in [5.74, 6) is 0.560. The Hall–Kier alpha value is -2.71. The molecule has 0 unspecified atom stereocenters. The summed E-state index contributed by atoms with van der Waals surface area (Å²) >= 11 is 0.749. The van der Waals surface area contributed by atoms with Gasteiger partial charge in [-0.05, 0) is 64.0 Å². The largest absolute Gasteiger partial charge is 0.367 e. The summed E-state index contributed by atoms with van der Waals surface area (Å²) in [4.78, 5) is 16.8. The first-order chi connectivity index (χ1) is 19.1. The lowest BCUT2D eigenvalue weighted by Gasteiger charge is -2.39. The SMILES string of the molecule is CC1(NS(=O)(=O)c2cc(N3CCN(C(=O)C4CC4)CC3)c3c(C4CC4)nn(-c4nnc(C(F)F)s4)c3c2)CCC1. The van der Waals surface area contributed by atoms with Crippen molar-refractivity contribution < 1.29 is 22.0 Å². The topological polar surface area (TPSA) is 113 Å². The van der Waals surface area contributed by atoms with E-state index in [1.165, 1.54) is 4.68 Å². The molecule has 0 bridgehead atoms. The van der Waals surface area contributed by atoms with Gasteiger partial charge >= 0.3 is 0 Å². The highest BCUT2D eigenvalue weighted by Crippen LogP contribution is 2.47. The second-order valence-corrected chi connectivity index (χ2v) is 14.4. The van der Waals surface area contributed by atoms with Gasteiger partial charge in [-0.1, -0.05) is 11.3 Å². The molecule has 4 aliphatic rings. The molecule has 1 N–H and O–H groups in total. The fraction of sp³-hybridized carbons (Fsp3) is 0.615. The predicted molar refractivity (Wildman–Crippen MR) is 146 cm³/mol. The van der Waals surface area contributed by atoms with Gasteiger partial charge in [0.2, 0.25) is 21.1 Å². The molecular weight excluding hydrogens is 560 g/mol. The number of nitrogens with zero attached hydrogens (tertiary/aromatic N) is 6. The summed E-state index contributed by atoms with van der Waals surface area (Å²) in [6.07, 6.45) is 3.55. The van der Waals surface area contributed by atoms with E-state index in [4.69, 9.17) is 5.10 Å². The number of rotatable bonds is 8. The van der Waals surface area contributed by atoms with Crippen LogP contribution in [-0.2, 0) is 14.8 Å². The molecule has 1 aliphatic heterocycles. The second-order valence-electron chi connectivity index (χ2n) is 11.7. The fourth-order valence-electron chi connectivity index (χ4n) is 5.77. The lowest BCUT2D eigenvalue weighted by atomic mass is 9.80. The van der Waals surface area contributed by atoms with E-state index in [9.17, 15) is 22.0 Å². The van der Waals surface area contributed by atoms with Crippen LogP contribution in [-0.4, -0.2) is 70.9 Å². The number of hydrogen-bond donors (Lipinski definition) is 1. The summed E-state index contributed by atoms with van der Waals surface area (Å²) in [6, 6.07) is 3.30. The van der Waals surface area contributed by atoms with Gasteiger partial charge in [0.25, 0.3) is 6.43 Å². The Bertz CT molecular complexity index is 1580. The predicted octanol–water partition coefficient (Wildman–Crippen LogP) is 3.97. The summed E-state index contributed by atoms with van der Waals surface area (Å²) in [5, 5.41) is 13.0. The number of halogens is 2. The number of nitrogens with one attached hydrogen (secondary N) is 1. The van der Waals surface area contributed by atoms with Gasteiger partial charge in [-0.3, -0.25) is 4.79 Å². The lowest BCUT2D eigenvalue weighted by molar-refractivity contribution is -0.132. The van der Waals surface area contributed by atoms with Crippen LogP contribution in [0.15, 0.2) is 17.0 Å². The second kappa shape index (κ2) is 9.41. The van der Waals surface area contributed by atoms with Gasteiger partial charge in [-0.2, -0.15) is 5.10 Å². The zero-order valence-electron chi connectivity index (χ0n) is 22.1. The number of sulfonamides is 1. The molecule has 214 valence electrons. The van der Waals surface area contributed by atoms with Gasteiger partial charge in [-0.25, -0.2) is 26.6 Å². The normalized spacial score (nSPS) is 21.3. The Labute approximate surface area is 234 Å². The molecule has 1 aromatic carbocycles. The number of fused-ring (bicyclic) bond motifs is 1. The summed E-state index contributed by atoms with van der Waals surface area (Å²) in [5.41, 5.74) is 1.57. The molecule has 0 spiro atoms. The molecule has 3 aliphatic carbocycles. The van der Waals surface area contributed by atoms with E-state index < -0.39 is 27.0 Å². The maximum absolute atomic E-state index is 13.7. The smallest absolute Gasteiger partial charge is 0.291 e.